The van der Waals surface area contributed by atoms with Crippen molar-refractivity contribution in [1.29, 1.82) is 0 Å². The molecule has 1 atom stereocenters. The number of rotatable bonds is 9. The van der Waals surface area contributed by atoms with E-state index in [4.69, 9.17) is 4.74 Å². The molecule has 2 saturated carbocycles. The van der Waals surface area contributed by atoms with Crippen LogP contribution in [0.2, 0.25) is 0 Å². The van der Waals surface area contributed by atoms with Crippen LogP contribution in [0.15, 0.2) is 112 Å². The Morgan fingerprint density at radius 3 is 2.37 bits per heavy atom. The molecular formula is C42H51FO3. The van der Waals surface area contributed by atoms with Crippen LogP contribution < -0.4 is 0 Å². The fourth-order valence-corrected chi connectivity index (χ4v) is 7.24. The summed E-state index contributed by atoms with van der Waals surface area (Å²) in [4.78, 5) is 12.0. The first-order valence-electron chi connectivity index (χ1n) is 17.0. The van der Waals surface area contributed by atoms with Gasteiger partial charge in [-0.1, -0.05) is 79.8 Å². The van der Waals surface area contributed by atoms with Crippen LogP contribution in [0.1, 0.15) is 104 Å². The summed E-state index contributed by atoms with van der Waals surface area (Å²) in [6, 6.07) is 8.21. The van der Waals surface area contributed by atoms with E-state index in [2.05, 4.69) is 90.6 Å². The molecule has 1 aromatic carbocycles. The van der Waals surface area contributed by atoms with Crippen molar-refractivity contribution in [1.82, 2.24) is 0 Å². The zero-order chi connectivity index (χ0) is 33.2. The summed E-state index contributed by atoms with van der Waals surface area (Å²) in [7, 11) is 0. The molecule has 1 N–H and O–H groups in total. The van der Waals surface area contributed by atoms with Crippen molar-refractivity contribution < 1.29 is 19.0 Å². The van der Waals surface area contributed by atoms with Gasteiger partial charge in [-0.2, -0.15) is 0 Å². The Morgan fingerprint density at radius 1 is 1.09 bits per heavy atom. The number of halogens is 1. The van der Waals surface area contributed by atoms with Crippen molar-refractivity contribution in [3.63, 3.8) is 0 Å². The highest BCUT2D eigenvalue weighted by Crippen LogP contribution is 2.49. The first-order valence-corrected chi connectivity index (χ1v) is 17.0. The molecule has 4 heteroatoms. The van der Waals surface area contributed by atoms with E-state index >= 15 is 0 Å². The molecule has 0 saturated heterocycles. The third-order valence-electron chi connectivity index (χ3n) is 10.8. The summed E-state index contributed by atoms with van der Waals surface area (Å²) >= 11 is 0. The van der Waals surface area contributed by atoms with Gasteiger partial charge >= 0.3 is 5.97 Å². The highest BCUT2D eigenvalue weighted by atomic mass is 19.1. The first kappa shape index (κ1) is 33.7. The van der Waals surface area contributed by atoms with Crippen LogP contribution in [0, 0.1) is 11.8 Å². The van der Waals surface area contributed by atoms with Crippen LogP contribution in [0.4, 0.5) is 4.39 Å². The Hall–Kier alpha value is -3.66. The number of alkyl halides is 1. The van der Waals surface area contributed by atoms with Gasteiger partial charge in [-0.05, 0) is 142 Å². The van der Waals surface area contributed by atoms with Gasteiger partial charge in [-0.25, -0.2) is 4.39 Å². The zero-order valence-electron chi connectivity index (χ0n) is 28.6. The summed E-state index contributed by atoms with van der Waals surface area (Å²) < 4.78 is 20.8. The van der Waals surface area contributed by atoms with Crippen molar-refractivity contribution in [3.05, 3.63) is 123 Å². The number of benzene rings is 1. The van der Waals surface area contributed by atoms with Gasteiger partial charge in [-0.3, -0.25) is 4.79 Å². The molecule has 3 aliphatic carbocycles. The molecule has 5 rings (SSSR count). The molecule has 3 nitrogen and oxygen atoms in total. The number of hydrogen-bond acceptors (Lipinski definition) is 2. The lowest BCUT2D eigenvalue weighted by Gasteiger charge is -2.31. The molecule has 4 aliphatic rings. The lowest BCUT2D eigenvalue weighted by Crippen LogP contribution is -2.26. The molecule has 0 spiro atoms. The monoisotopic (exact) mass is 622 g/mol. The second-order valence-electron chi connectivity index (χ2n) is 14.3. The Kier molecular flexibility index (Phi) is 9.96. The molecule has 244 valence electrons. The minimum atomic E-state index is -1.21. The number of carbonyl (C=O) groups is 1. The van der Waals surface area contributed by atoms with E-state index in [-0.39, 0.29) is 0 Å². The Labute approximate surface area is 275 Å². The molecule has 1 aromatic rings. The molecule has 0 bridgehead atoms. The number of carboxylic acid groups (broad SMARTS) is 1. The summed E-state index contributed by atoms with van der Waals surface area (Å²) in [5, 5.41) is 9.89. The van der Waals surface area contributed by atoms with Gasteiger partial charge in [0.1, 0.15) is 18.0 Å². The molecule has 0 amide bonds. The third-order valence-corrected chi connectivity index (χ3v) is 10.8. The molecule has 0 radical (unpaired) electrons. The zero-order valence-corrected chi connectivity index (χ0v) is 28.6. The molecule has 0 aromatic heterocycles. The predicted octanol–water partition coefficient (Wildman–Crippen LogP) is 11.1. The van der Waals surface area contributed by atoms with Crippen molar-refractivity contribution in [3.8, 4) is 0 Å². The van der Waals surface area contributed by atoms with Gasteiger partial charge in [0.05, 0.1) is 5.41 Å². The van der Waals surface area contributed by atoms with E-state index in [1.54, 1.807) is 0 Å². The fourth-order valence-electron chi connectivity index (χ4n) is 7.24. The van der Waals surface area contributed by atoms with Crippen LogP contribution in [0.3, 0.4) is 0 Å². The van der Waals surface area contributed by atoms with Crippen LogP contribution >= 0.6 is 0 Å². The second-order valence-corrected chi connectivity index (χ2v) is 14.3. The lowest BCUT2D eigenvalue weighted by molar-refractivity contribution is -0.140. The lowest BCUT2D eigenvalue weighted by atomic mass is 9.78. The van der Waals surface area contributed by atoms with Crippen molar-refractivity contribution in [2.24, 2.45) is 11.8 Å². The van der Waals surface area contributed by atoms with E-state index in [1.165, 1.54) is 45.1 Å². The van der Waals surface area contributed by atoms with E-state index in [9.17, 15) is 14.3 Å². The maximum atomic E-state index is 14.7. The third kappa shape index (κ3) is 7.17. The van der Waals surface area contributed by atoms with Crippen LogP contribution in [-0.2, 0) is 14.9 Å². The van der Waals surface area contributed by atoms with E-state index < -0.39 is 17.1 Å². The standard InChI is InChI=1S/C42H51FO3/c1-8-41(43)19-17-33(18-20-41)11-9-28(3)24-38(34-12-14-36(15-13-34)42(21-22-42)40(44)45)37-16-10-27(2)23-35(25-29(37)4)39-31(6)30(5)26-46-32(39)7/h8-9,12-16,23-25,27,33H,1,10-11,17-22,26H2,2-7H3,(H,44,45). The number of hydrogen-bond donors (Lipinski definition) is 1. The van der Waals surface area contributed by atoms with Crippen LogP contribution in [0.25, 0.3) is 5.57 Å². The average Bonchev–Trinajstić information content (AvgIpc) is 3.84. The summed E-state index contributed by atoms with van der Waals surface area (Å²) in [6.45, 7) is 17.4. The van der Waals surface area contributed by atoms with Gasteiger partial charge in [-0.15, -0.1) is 0 Å². The fraction of sp³-hybridized carbons (Fsp3) is 0.452. The Bertz CT molecular complexity index is 1590. The molecule has 2 fully saturated rings. The van der Waals surface area contributed by atoms with E-state index in [0.29, 0.717) is 44.1 Å². The topological polar surface area (TPSA) is 46.5 Å². The quantitative estimate of drug-likeness (QED) is 0.220. The summed E-state index contributed by atoms with van der Waals surface area (Å²) in [5.74, 6) is 1.04. The smallest absolute Gasteiger partial charge is 0.314 e. The molecule has 1 aliphatic heterocycles. The molecule has 46 heavy (non-hydrogen) atoms. The first-order chi connectivity index (χ1) is 21.9. The predicted molar refractivity (Wildman–Crippen MR) is 188 cm³/mol. The van der Waals surface area contributed by atoms with Crippen LogP contribution in [0.5, 0.6) is 0 Å². The number of ether oxygens (including phenoxy) is 1. The van der Waals surface area contributed by atoms with Crippen molar-refractivity contribution >= 4 is 11.5 Å². The summed E-state index contributed by atoms with van der Waals surface area (Å²) in [6.07, 6.45) is 19.2. The van der Waals surface area contributed by atoms with Crippen molar-refractivity contribution in [2.75, 3.05) is 6.61 Å². The largest absolute Gasteiger partial charge is 0.493 e. The normalized spacial score (nSPS) is 27.2. The minimum Gasteiger partial charge on any atom is -0.493 e. The maximum absolute atomic E-state index is 14.7. The molecular weight excluding hydrogens is 571 g/mol. The van der Waals surface area contributed by atoms with Gasteiger partial charge < -0.3 is 9.84 Å². The highest BCUT2D eigenvalue weighted by Gasteiger charge is 2.51. The van der Waals surface area contributed by atoms with E-state index in [0.717, 1.165) is 48.1 Å². The highest BCUT2D eigenvalue weighted by molar-refractivity contribution is 5.87. The van der Waals surface area contributed by atoms with E-state index in [1.807, 2.05) is 12.1 Å². The van der Waals surface area contributed by atoms with Crippen molar-refractivity contribution in [2.45, 2.75) is 104 Å². The van der Waals surface area contributed by atoms with Gasteiger partial charge in [0.25, 0.3) is 0 Å². The van der Waals surface area contributed by atoms with Gasteiger partial charge in [0, 0.05) is 5.57 Å². The van der Waals surface area contributed by atoms with Gasteiger partial charge in [0.15, 0.2) is 0 Å². The second kappa shape index (κ2) is 13.6. The van der Waals surface area contributed by atoms with Gasteiger partial charge in [0.2, 0.25) is 0 Å². The Morgan fingerprint density at radius 2 is 1.76 bits per heavy atom. The number of allylic oxidation sites excluding steroid dienone is 14. The number of carboxylic acids is 1. The SMILES string of the molecule is C=CC1(F)CCC(CC=C(C)C=C(C2=CCC(C)C=C(C3=C(C)OCC(C)=C3C)C=C2C)c2ccc(C3(C(=O)O)CC3)cc2)CC1. The molecule has 1 heterocycles. The summed E-state index contributed by atoms with van der Waals surface area (Å²) in [5.41, 5.74) is 9.62. The maximum Gasteiger partial charge on any atom is 0.314 e. The van der Waals surface area contributed by atoms with Crippen LogP contribution in [-0.4, -0.2) is 23.4 Å². The number of aliphatic carboxylic acids is 1. The minimum absolute atomic E-state index is 0.333. The average molecular weight is 623 g/mol. The Balaban J connectivity index is 1.52. The molecule has 1 unspecified atom stereocenters.